The first-order valence-electron chi connectivity index (χ1n) is 8.13. The number of para-hydroxylation sites is 2. The van der Waals surface area contributed by atoms with E-state index in [4.69, 9.17) is 9.52 Å². The van der Waals surface area contributed by atoms with Crippen molar-refractivity contribution in [2.24, 2.45) is 0 Å². The minimum Gasteiger partial charge on any atom is -0.419 e. The lowest BCUT2D eigenvalue weighted by Crippen LogP contribution is -2.12. The zero-order valence-electron chi connectivity index (χ0n) is 13.8. The molecule has 0 fully saturated rings. The van der Waals surface area contributed by atoms with Gasteiger partial charge in [-0.15, -0.1) is 10.2 Å². The molecule has 4 aromatic rings. The fourth-order valence-electron chi connectivity index (χ4n) is 2.70. The summed E-state index contributed by atoms with van der Waals surface area (Å²) in [5, 5.41) is 20.5. The minimum atomic E-state index is 0.0253. The molecule has 0 saturated heterocycles. The van der Waals surface area contributed by atoms with Gasteiger partial charge in [-0.2, -0.15) is 0 Å². The van der Waals surface area contributed by atoms with Crippen LogP contribution in [0.15, 0.2) is 57.4 Å². The van der Waals surface area contributed by atoms with Crippen molar-refractivity contribution in [2.45, 2.75) is 6.54 Å². The summed E-state index contributed by atoms with van der Waals surface area (Å²) in [5.41, 5.74) is 2.68. The van der Waals surface area contributed by atoms with Crippen molar-refractivity contribution in [1.82, 2.24) is 19.7 Å². The van der Waals surface area contributed by atoms with Gasteiger partial charge < -0.3 is 19.4 Å². The third-order valence-corrected chi connectivity index (χ3v) is 4.43. The van der Waals surface area contributed by atoms with E-state index in [1.54, 1.807) is 0 Å². The third-order valence-electron chi connectivity index (χ3n) is 3.90. The Balaban J connectivity index is 1.65. The van der Waals surface area contributed by atoms with Gasteiger partial charge in [0.2, 0.25) is 17.7 Å². The number of fused-ring (bicyclic) bond motifs is 1. The highest BCUT2D eigenvalue weighted by Gasteiger charge is 2.14. The van der Waals surface area contributed by atoms with Gasteiger partial charge in [-0.3, -0.25) is 0 Å². The molecule has 0 atom stereocenters. The molecule has 0 amide bonds. The lowest BCUT2D eigenvalue weighted by Gasteiger charge is -2.07. The van der Waals surface area contributed by atoms with Crippen LogP contribution in [0.4, 0.5) is 5.95 Å². The van der Waals surface area contributed by atoms with Gasteiger partial charge in [0.15, 0.2) is 0 Å². The van der Waals surface area contributed by atoms with E-state index in [0.29, 0.717) is 30.8 Å². The number of nitrogens with zero attached hydrogens (tertiary/aromatic N) is 4. The lowest BCUT2D eigenvalue weighted by atomic mass is 10.2. The molecule has 26 heavy (non-hydrogen) atoms. The molecule has 8 heteroatoms. The van der Waals surface area contributed by atoms with Gasteiger partial charge >= 0.3 is 0 Å². The van der Waals surface area contributed by atoms with Crippen LogP contribution < -0.4 is 5.32 Å². The normalized spacial score (nSPS) is 11.2. The second-order valence-electron chi connectivity index (χ2n) is 5.67. The van der Waals surface area contributed by atoms with Gasteiger partial charge in [-0.05, 0) is 36.4 Å². The Hall–Kier alpha value is -2.71. The molecule has 132 valence electrons. The average molecular weight is 414 g/mol. The van der Waals surface area contributed by atoms with E-state index in [0.717, 1.165) is 21.1 Å². The number of imidazole rings is 1. The largest absolute Gasteiger partial charge is 0.419 e. The molecular formula is C18H16BrN5O2. The Kier molecular flexibility index (Phi) is 4.68. The molecule has 0 aliphatic carbocycles. The number of nitrogens with one attached hydrogen (secondary N) is 1. The summed E-state index contributed by atoms with van der Waals surface area (Å²) >= 11 is 3.41. The van der Waals surface area contributed by atoms with E-state index in [9.17, 15) is 0 Å². The van der Waals surface area contributed by atoms with Gasteiger partial charge in [0.25, 0.3) is 0 Å². The highest BCUT2D eigenvalue weighted by molar-refractivity contribution is 9.10. The highest BCUT2D eigenvalue weighted by atomic mass is 79.9. The van der Waals surface area contributed by atoms with Crippen LogP contribution in [0.2, 0.25) is 0 Å². The fourth-order valence-corrected chi connectivity index (χ4v) is 2.96. The molecule has 2 N–H and O–H groups in total. The molecule has 0 bridgehead atoms. The number of aromatic nitrogens is 4. The number of halogens is 1. The maximum atomic E-state index is 9.09. The fraction of sp³-hybridized carbons (Fsp3) is 0.167. The summed E-state index contributed by atoms with van der Waals surface area (Å²) in [5.74, 6) is 1.61. The van der Waals surface area contributed by atoms with E-state index in [1.165, 1.54) is 0 Å². The average Bonchev–Trinajstić information content (AvgIpc) is 3.26. The van der Waals surface area contributed by atoms with Gasteiger partial charge in [0, 0.05) is 16.6 Å². The number of aliphatic hydroxyl groups excluding tert-OH is 1. The van der Waals surface area contributed by atoms with Crippen LogP contribution in [-0.2, 0) is 6.54 Å². The summed E-state index contributed by atoms with van der Waals surface area (Å²) in [4.78, 5) is 4.57. The van der Waals surface area contributed by atoms with Gasteiger partial charge in [-0.1, -0.05) is 28.1 Å². The van der Waals surface area contributed by atoms with Crippen LogP contribution in [0.5, 0.6) is 0 Å². The summed E-state index contributed by atoms with van der Waals surface area (Å²) in [6.07, 6.45) is 0. The van der Waals surface area contributed by atoms with Crippen LogP contribution in [0.1, 0.15) is 5.89 Å². The topological polar surface area (TPSA) is 89.0 Å². The smallest absolute Gasteiger partial charge is 0.247 e. The molecule has 0 spiro atoms. The van der Waals surface area contributed by atoms with Crippen molar-refractivity contribution in [2.75, 3.05) is 18.5 Å². The van der Waals surface area contributed by atoms with E-state index >= 15 is 0 Å². The molecule has 0 radical (unpaired) electrons. The van der Waals surface area contributed by atoms with Crippen LogP contribution in [0, 0.1) is 0 Å². The molecule has 7 nitrogen and oxygen atoms in total. The van der Waals surface area contributed by atoms with Crippen molar-refractivity contribution in [3.63, 3.8) is 0 Å². The van der Waals surface area contributed by atoms with Crippen molar-refractivity contribution in [1.29, 1.82) is 0 Å². The molecule has 0 aliphatic heterocycles. The van der Waals surface area contributed by atoms with Crippen molar-refractivity contribution in [3.8, 4) is 11.5 Å². The third kappa shape index (κ3) is 3.33. The summed E-state index contributed by atoms with van der Waals surface area (Å²) < 4.78 is 8.78. The zero-order chi connectivity index (χ0) is 17.9. The molecule has 2 aromatic carbocycles. The maximum Gasteiger partial charge on any atom is 0.247 e. The molecular weight excluding hydrogens is 398 g/mol. The standard InChI is InChI=1S/C18H16BrN5O2/c19-13-7-5-12(6-8-13)17-23-22-16(26-17)11-24-15-4-2-1-3-14(15)21-18(24)20-9-10-25/h1-8,25H,9-11H2,(H,20,21). The van der Waals surface area contributed by atoms with Gasteiger partial charge in [0.05, 0.1) is 17.6 Å². The predicted molar refractivity (Wildman–Crippen MR) is 102 cm³/mol. The SMILES string of the molecule is OCCNc1nc2ccccc2n1Cc1nnc(-c2ccc(Br)cc2)o1. The van der Waals surface area contributed by atoms with Crippen LogP contribution in [0.25, 0.3) is 22.5 Å². The van der Waals surface area contributed by atoms with Crippen LogP contribution in [-0.4, -0.2) is 38.0 Å². The van der Waals surface area contributed by atoms with Crippen molar-refractivity contribution in [3.05, 3.63) is 58.9 Å². The molecule has 2 aromatic heterocycles. The molecule has 2 heterocycles. The Morgan fingerprint density at radius 2 is 1.88 bits per heavy atom. The van der Waals surface area contributed by atoms with Gasteiger partial charge in [-0.25, -0.2) is 4.98 Å². The number of hydrogen-bond donors (Lipinski definition) is 2. The van der Waals surface area contributed by atoms with E-state index in [1.807, 2.05) is 53.1 Å². The van der Waals surface area contributed by atoms with E-state index < -0.39 is 0 Å². The predicted octanol–water partition coefficient (Wildman–Crippen LogP) is 3.30. The summed E-state index contributed by atoms with van der Waals surface area (Å²) in [6, 6.07) is 15.5. The second kappa shape index (κ2) is 7.27. The number of anilines is 1. The quantitative estimate of drug-likeness (QED) is 0.503. The number of hydrogen-bond acceptors (Lipinski definition) is 6. The number of aliphatic hydroxyl groups is 1. The zero-order valence-corrected chi connectivity index (χ0v) is 15.3. The summed E-state index contributed by atoms with van der Waals surface area (Å²) in [7, 11) is 0. The monoisotopic (exact) mass is 413 g/mol. The number of rotatable bonds is 6. The summed E-state index contributed by atoms with van der Waals surface area (Å²) in [6.45, 7) is 0.826. The second-order valence-corrected chi connectivity index (χ2v) is 6.58. The van der Waals surface area contributed by atoms with Crippen molar-refractivity contribution < 1.29 is 9.52 Å². The molecule has 0 unspecified atom stereocenters. The highest BCUT2D eigenvalue weighted by Crippen LogP contribution is 2.23. The van der Waals surface area contributed by atoms with Gasteiger partial charge in [0.1, 0.15) is 6.54 Å². The van der Waals surface area contributed by atoms with Crippen LogP contribution in [0.3, 0.4) is 0 Å². The van der Waals surface area contributed by atoms with E-state index in [-0.39, 0.29) is 6.61 Å². The van der Waals surface area contributed by atoms with Crippen LogP contribution >= 0.6 is 15.9 Å². The minimum absolute atomic E-state index is 0.0253. The van der Waals surface area contributed by atoms with Crippen molar-refractivity contribution >= 4 is 32.9 Å². The molecule has 0 aliphatic rings. The first-order chi connectivity index (χ1) is 12.7. The number of benzene rings is 2. The molecule has 0 saturated carbocycles. The first-order valence-corrected chi connectivity index (χ1v) is 8.92. The Bertz CT molecular complexity index is 1030. The first kappa shape index (κ1) is 16.7. The maximum absolute atomic E-state index is 9.09. The van der Waals surface area contributed by atoms with E-state index in [2.05, 4.69) is 36.4 Å². The Labute approximate surface area is 157 Å². The molecule has 4 rings (SSSR count). The lowest BCUT2D eigenvalue weighted by molar-refractivity contribution is 0.310. The Morgan fingerprint density at radius 3 is 2.69 bits per heavy atom. The Morgan fingerprint density at radius 1 is 1.08 bits per heavy atom.